The molecule has 0 aliphatic rings. The fraction of sp³-hybridized carbons (Fsp3) is 0. The van der Waals surface area contributed by atoms with Crippen molar-refractivity contribution < 1.29 is 8.42 Å². The van der Waals surface area contributed by atoms with Crippen LogP contribution in [-0.2, 0) is 10.0 Å². The van der Waals surface area contributed by atoms with E-state index in [2.05, 4.69) is 9.71 Å². The number of hydrogen-bond acceptors (Lipinski definition) is 4. The summed E-state index contributed by atoms with van der Waals surface area (Å²) in [5.74, 6) is 0. The number of aromatic nitrogens is 1. The molecule has 0 amide bonds. The number of sulfonamides is 1. The topological polar surface area (TPSA) is 82.8 Å². The van der Waals surface area contributed by atoms with Crippen LogP contribution in [0, 0.1) is 11.3 Å². The molecule has 5 nitrogen and oxygen atoms in total. The zero-order valence-electron chi connectivity index (χ0n) is 9.54. The molecule has 0 aliphatic carbocycles. The van der Waals surface area contributed by atoms with Crippen LogP contribution < -0.4 is 4.72 Å². The lowest BCUT2D eigenvalue weighted by atomic mass is 10.2. The average molecular weight is 294 g/mol. The molecule has 1 heterocycles. The lowest BCUT2D eigenvalue weighted by molar-refractivity contribution is 0.601. The van der Waals surface area contributed by atoms with Gasteiger partial charge in [-0.3, -0.25) is 9.71 Å². The van der Waals surface area contributed by atoms with E-state index in [0.29, 0.717) is 5.69 Å². The maximum absolute atomic E-state index is 12.2. The third-order valence-electron chi connectivity index (χ3n) is 2.28. The molecule has 0 bridgehead atoms. The van der Waals surface area contributed by atoms with Crippen molar-refractivity contribution in [2.24, 2.45) is 0 Å². The number of hydrogen-bond donors (Lipinski definition) is 1. The van der Waals surface area contributed by atoms with E-state index in [1.54, 1.807) is 0 Å². The van der Waals surface area contributed by atoms with E-state index in [1.807, 2.05) is 6.07 Å². The monoisotopic (exact) mass is 293 g/mol. The predicted octanol–water partition coefficient (Wildman–Crippen LogP) is 2.41. The van der Waals surface area contributed by atoms with Gasteiger partial charge in [-0.2, -0.15) is 5.26 Å². The summed E-state index contributed by atoms with van der Waals surface area (Å²) in [4.78, 5) is 3.65. The molecule has 1 N–H and O–H groups in total. The van der Waals surface area contributed by atoms with Crippen LogP contribution in [-0.4, -0.2) is 13.4 Å². The number of halogens is 1. The van der Waals surface area contributed by atoms with Crippen molar-refractivity contribution in [3.05, 3.63) is 53.3 Å². The van der Waals surface area contributed by atoms with Gasteiger partial charge >= 0.3 is 0 Å². The molecule has 19 heavy (non-hydrogen) atoms. The van der Waals surface area contributed by atoms with Gasteiger partial charge in [-0.1, -0.05) is 11.6 Å². The molecule has 0 saturated heterocycles. The minimum Gasteiger partial charge on any atom is -0.279 e. The summed E-state index contributed by atoms with van der Waals surface area (Å²) in [6, 6.07) is 8.95. The molecule has 0 unspecified atom stereocenters. The van der Waals surface area contributed by atoms with Gasteiger partial charge in [0.05, 0.1) is 22.3 Å². The third kappa shape index (κ3) is 3.02. The van der Waals surface area contributed by atoms with Gasteiger partial charge in [-0.05, 0) is 30.3 Å². The number of rotatable bonds is 3. The van der Waals surface area contributed by atoms with E-state index in [-0.39, 0.29) is 15.5 Å². The van der Waals surface area contributed by atoms with Crippen molar-refractivity contribution in [1.82, 2.24) is 4.98 Å². The SMILES string of the molecule is N#Cc1ccc(Cl)c(S(=O)(=O)Nc2ccncc2)c1. The molecule has 0 saturated carbocycles. The quantitative estimate of drug-likeness (QED) is 0.942. The van der Waals surface area contributed by atoms with Crippen LogP contribution in [0.25, 0.3) is 0 Å². The van der Waals surface area contributed by atoms with Crippen molar-refractivity contribution in [2.45, 2.75) is 4.90 Å². The Morgan fingerprint density at radius 3 is 2.53 bits per heavy atom. The first-order chi connectivity index (χ1) is 9.03. The Kier molecular flexibility index (Phi) is 3.69. The Labute approximate surface area is 115 Å². The summed E-state index contributed by atoms with van der Waals surface area (Å²) >= 11 is 5.86. The molecule has 2 aromatic rings. The highest BCUT2D eigenvalue weighted by atomic mass is 35.5. The normalized spacial score (nSPS) is 10.7. The van der Waals surface area contributed by atoms with E-state index in [9.17, 15) is 8.42 Å². The highest BCUT2D eigenvalue weighted by Gasteiger charge is 2.18. The lowest BCUT2D eigenvalue weighted by Gasteiger charge is -2.09. The van der Waals surface area contributed by atoms with Crippen LogP contribution >= 0.6 is 11.6 Å². The highest BCUT2D eigenvalue weighted by Crippen LogP contribution is 2.24. The minimum absolute atomic E-state index is 0.0561. The molecule has 0 atom stereocenters. The highest BCUT2D eigenvalue weighted by molar-refractivity contribution is 7.92. The molecule has 0 spiro atoms. The van der Waals surface area contributed by atoms with E-state index < -0.39 is 10.0 Å². The predicted molar refractivity (Wildman–Crippen MR) is 71.2 cm³/mol. The second kappa shape index (κ2) is 5.26. The van der Waals surface area contributed by atoms with Crippen LogP contribution in [0.1, 0.15) is 5.56 Å². The zero-order chi connectivity index (χ0) is 13.9. The van der Waals surface area contributed by atoms with Gasteiger partial charge in [0, 0.05) is 12.4 Å². The van der Waals surface area contributed by atoms with Crippen LogP contribution in [0.3, 0.4) is 0 Å². The molecular weight excluding hydrogens is 286 g/mol. The Hall–Kier alpha value is -2.10. The first-order valence-corrected chi connectivity index (χ1v) is 7.01. The fourth-order valence-corrected chi connectivity index (χ4v) is 2.99. The number of nitrogens with zero attached hydrogens (tertiary/aromatic N) is 2. The van der Waals surface area contributed by atoms with E-state index >= 15 is 0 Å². The molecule has 2 rings (SSSR count). The summed E-state index contributed by atoms with van der Waals surface area (Å²) in [7, 11) is -3.84. The summed E-state index contributed by atoms with van der Waals surface area (Å²) in [6.45, 7) is 0. The van der Waals surface area contributed by atoms with Gasteiger partial charge in [-0.15, -0.1) is 0 Å². The zero-order valence-corrected chi connectivity index (χ0v) is 11.1. The van der Waals surface area contributed by atoms with Gasteiger partial charge in [0.2, 0.25) is 0 Å². The third-order valence-corrected chi connectivity index (χ3v) is 4.15. The second-order valence-electron chi connectivity index (χ2n) is 3.60. The standard InChI is InChI=1S/C12H8ClN3O2S/c13-11-2-1-9(8-14)7-12(11)19(17,18)16-10-3-5-15-6-4-10/h1-7H,(H,15,16). The maximum Gasteiger partial charge on any atom is 0.263 e. The smallest absolute Gasteiger partial charge is 0.263 e. The summed E-state index contributed by atoms with van der Waals surface area (Å²) in [6.07, 6.45) is 2.93. The maximum atomic E-state index is 12.2. The molecule has 7 heteroatoms. The number of nitriles is 1. The molecular formula is C12H8ClN3O2S. The van der Waals surface area contributed by atoms with Gasteiger partial charge in [-0.25, -0.2) is 8.42 Å². The van der Waals surface area contributed by atoms with Crippen molar-refractivity contribution in [2.75, 3.05) is 4.72 Å². The molecule has 1 aromatic heterocycles. The van der Waals surface area contributed by atoms with Crippen molar-refractivity contribution in [1.29, 1.82) is 5.26 Å². The van der Waals surface area contributed by atoms with E-state index in [1.165, 1.54) is 42.7 Å². The number of pyridine rings is 1. The minimum atomic E-state index is -3.84. The number of nitrogens with one attached hydrogen (secondary N) is 1. The van der Waals surface area contributed by atoms with Crippen LogP contribution in [0.15, 0.2) is 47.6 Å². The van der Waals surface area contributed by atoms with Gasteiger partial charge < -0.3 is 0 Å². The Bertz CT molecular complexity index is 739. The van der Waals surface area contributed by atoms with Gasteiger partial charge in [0.1, 0.15) is 4.90 Å². The van der Waals surface area contributed by atoms with Crippen LogP contribution in [0.5, 0.6) is 0 Å². The molecule has 0 radical (unpaired) electrons. The van der Waals surface area contributed by atoms with Gasteiger partial charge in [0.15, 0.2) is 0 Å². The Morgan fingerprint density at radius 1 is 1.21 bits per heavy atom. The molecule has 0 fully saturated rings. The van der Waals surface area contributed by atoms with Crippen LogP contribution in [0.4, 0.5) is 5.69 Å². The average Bonchev–Trinajstić information content (AvgIpc) is 2.39. The fourth-order valence-electron chi connectivity index (χ4n) is 1.41. The van der Waals surface area contributed by atoms with E-state index in [4.69, 9.17) is 16.9 Å². The molecule has 0 aliphatic heterocycles. The lowest BCUT2D eigenvalue weighted by Crippen LogP contribution is -2.13. The Morgan fingerprint density at radius 2 is 1.89 bits per heavy atom. The second-order valence-corrected chi connectivity index (χ2v) is 5.66. The first kappa shape index (κ1) is 13.3. The summed E-state index contributed by atoms with van der Waals surface area (Å²) in [5.41, 5.74) is 0.591. The van der Waals surface area contributed by atoms with Crippen molar-refractivity contribution in [3.8, 4) is 6.07 Å². The number of benzene rings is 1. The Balaban J connectivity index is 2.43. The number of anilines is 1. The van der Waals surface area contributed by atoms with Crippen molar-refractivity contribution in [3.63, 3.8) is 0 Å². The summed E-state index contributed by atoms with van der Waals surface area (Å²) < 4.78 is 26.7. The molecule has 1 aromatic carbocycles. The van der Waals surface area contributed by atoms with Crippen LogP contribution in [0.2, 0.25) is 5.02 Å². The van der Waals surface area contributed by atoms with Crippen molar-refractivity contribution >= 4 is 27.3 Å². The summed E-state index contributed by atoms with van der Waals surface area (Å²) in [5, 5.41) is 8.85. The largest absolute Gasteiger partial charge is 0.279 e. The first-order valence-electron chi connectivity index (χ1n) is 5.15. The molecule has 96 valence electrons. The van der Waals surface area contributed by atoms with E-state index in [0.717, 1.165) is 0 Å². The van der Waals surface area contributed by atoms with Gasteiger partial charge in [0.25, 0.3) is 10.0 Å².